The summed E-state index contributed by atoms with van der Waals surface area (Å²) >= 11 is 0. The van der Waals surface area contributed by atoms with Crippen LogP contribution in [0.15, 0.2) is 48.5 Å². The Bertz CT molecular complexity index is 1000. The number of rotatable bonds is 5. The van der Waals surface area contributed by atoms with Crippen LogP contribution in [-0.4, -0.2) is 57.7 Å². The van der Waals surface area contributed by atoms with Gasteiger partial charge in [-0.25, -0.2) is 0 Å². The maximum absolute atomic E-state index is 11.1. The zero-order valence-corrected chi connectivity index (χ0v) is 16.6. The van der Waals surface area contributed by atoms with Crippen molar-refractivity contribution in [1.29, 1.82) is 0 Å². The van der Waals surface area contributed by atoms with Crippen molar-refractivity contribution in [1.82, 2.24) is 0 Å². The fraction of sp³-hybridized carbons (Fsp3) is 0.400. The van der Waals surface area contributed by atoms with E-state index in [1.54, 1.807) is 12.1 Å². The van der Waals surface area contributed by atoms with Gasteiger partial charge in [0.15, 0.2) is 12.6 Å². The number of nitrogens with zero attached hydrogens (tertiary/aromatic N) is 2. The Morgan fingerprint density at radius 2 is 1.50 bits per heavy atom. The van der Waals surface area contributed by atoms with Gasteiger partial charge >= 0.3 is 0 Å². The molecule has 170 valence electrons. The number of nitro groups is 2. The van der Waals surface area contributed by atoms with E-state index in [1.807, 2.05) is 0 Å². The smallest absolute Gasteiger partial charge is 0.269 e. The molecule has 0 saturated carbocycles. The molecule has 12 nitrogen and oxygen atoms in total. The van der Waals surface area contributed by atoms with Gasteiger partial charge in [0, 0.05) is 35.4 Å². The van der Waals surface area contributed by atoms with Gasteiger partial charge in [-0.1, -0.05) is 24.3 Å². The summed E-state index contributed by atoms with van der Waals surface area (Å²) in [4.78, 5) is 21.1. The third-order valence-corrected chi connectivity index (χ3v) is 5.26. The van der Waals surface area contributed by atoms with Crippen molar-refractivity contribution >= 4 is 11.4 Å². The van der Waals surface area contributed by atoms with Gasteiger partial charge in [-0.3, -0.25) is 20.2 Å². The van der Waals surface area contributed by atoms with Crippen LogP contribution in [0.3, 0.4) is 0 Å². The van der Waals surface area contributed by atoms with Crippen LogP contribution >= 0.6 is 0 Å². The molecule has 2 N–H and O–H groups in total. The van der Waals surface area contributed by atoms with Crippen molar-refractivity contribution in [3.8, 4) is 0 Å². The normalized spacial score (nSPS) is 30.2. The Labute approximate surface area is 181 Å². The summed E-state index contributed by atoms with van der Waals surface area (Å²) in [6.45, 7) is -0.618. The number of hydrogen-bond donors (Lipinski definition) is 2. The van der Waals surface area contributed by atoms with Gasteiger partial charge in [-0.15, -0.1) is 0 Å². The first-order chi connectivity index (χ1) is 15.4. The minimum Gasteiger partial charge on any atom is -0.394 e. The van der Waals surface area contributed by atoms with E-state index in [4.69, 9.17) is 18.9 Å². The second-order valence-corrected chi connectivity index (χ2v) is 7.32. The fourth-order valence-electron chi connectivity index (χ4n) is 3.66. The average molecular weight is 448 g/mol. The molecule has 2 saturated heterocycles. The molecule has 0 spiro atoms. The molecule has 2 unspecified atom stereocenters. The average Bonchev–Trinajstić information content (AvgIpc) is 2.95. The maximum Gasteiger partial charge on any atom is 0.269 e. The second kappa shape index (κ2) is 9.24. The number of aliphatic hydroxyl groups excluding tert-OH is 2. The fourth-order valence-corrected chi connectivity index (χ4v) is 3.66. The quantitative estimate of drug-likeness (QED) is 0.509. The highest BCUT2D eigenvalue weighted by atomic mass is 16.8. The number of hydrogen-bond acceptors (Lipinski definition) is 10. The Kier molecular flexibility index (Phi) is 6.41. The summed E-state index contributed by atoms with van der Waals surface area (Å²) < 4.78 is 23.2. The third-order valence-electron chi connectivity index (χ3n) is 5.26. The summed E-state index contributed by atoms with van der Waals surface area (Å²) in [7, 11) is 0. The minimum atomic E-state index is -1.32. The molecular formula is C20H20N2O10. The maximum atomic E-state index is 11.1. The predicted octanol–water partition coefficient (Wildman–Crippen LogP) is 1.75. The van der Waals surface area contributed by atoms with Crippen molar-refractivity contribution in [3.05, 3.63) is 79.9 Å². The van der Waals surface area contributed by atoms with Gasteiger partial charge in [-0.05, 0) is 0 Å². The SMILES string of the molecule is O=[N+]([O-])c1cccc(C2OC[C@@H]3OC(c4cccc([N+](=O)[O-])c4)O[C@H](CO)[C@H](O)[C@H]3O2)c1. The molecule has 0 aromatic heterocycles. The lowest BCUT2D eigenvalue weighted by atomic mass is 10.0. The lowest BCUT2D eigenvalue weighted by molar-refractivity contribution is -0.385. The Hall–Kier alpha value is -3.00. The molecule has 2 heterocycles. The van der Waals surface area contributed by atoms with Crippen LogP contribution in [0, 0.1) is 20.2 Å². The second-order valence-electron chi connectivity index (χ2n) is 7.32. The molecule has 0 radical (unpaired) electrons. The van der Waals surface area contributed by atoms with Gasteiger partial charge < -0.3 is 29.2 Å². The van der Waals surface area contributed by atoms with Gasteiger partial charge in [0.25, 0.3) is 11.4 Å². The zero-order valence-electron chi connectivity index (χ0n) is 16.6. The van der Waals surface area contributed by atoms with Crippen molar-refractivity contribution in [2.45, 2.75) is 37.0 Å². The number of aliphatic hydroxyl groups is 2. The number of nitro benzene ring substituents is 2. The Morgan fingerprint density at radius 1 is 0.906 bits per heavy atom. The van der Waals surface area contributed by atoms with Crippen molar-refractivity contribution in [2.75, 3.05) is 13.2 Å². The van der Waals surface area contributed by atoms with Crippen LogP contribution in [-0.2, 0) is 18.9 Å². The summed E-state index contributed by atoms with van der Waals surface area (Å²) in [6, 6.07) is 11.4. The molecule has 0 amide bonds. The molecule has 12 heteroatoms. The molecule has 6 atom stereocenters. The number of ether oxygens (including phenoxy) is 4. The van der Waals surface area contributed by atoms with Crippen molar-refractivity contribution < 1.29 is 39.0 Å². The van der Waals surface area contributed by atoms with Crippen LogP contribution < -0.4 is 0 Å². The number of benzene rings is 2. The molecule has 0 bridgehead atoms. The highest BCUT2D eigenvalue weighted by Gasteiger charge is 2.46. The van der Waals surface area contributed by atoms with Gasteiger partial charge in [0.1, 0.15) is 24.4 Å². The van der Waals surface area contributed by atoms with Crippen LogP contribution in [0.1, 0.15) is 23.7 Å². The Morgan fingerprint density at radius 3 is 2.06 bits per heavy atom. The molecule has 0 aliphatic carbocycles. The van der Waals surface area contributed by atoms with Gasteiger partial charge in [0.2, 0.25) is 0 Å². The lowest BCUT2D eigenvalue weighted by Gasteiger charge is -2.37. The third kappa shape index (κ3) is 4.46. The van der Waals surface area contributed by atoms with Crippen LogP contribution in [0.25, 0.3) is 0 Å². The first-order valence-electron chi connectivity index (χ1n) is 9.73. The lowest BCUT2D eigenvalue weighted by Crippen LogP contribution is -2.51. The molecule has 2 fully saturated rings. The molecule has 2 aliphatic heterocycles. The monoisotopic (exact) mass is 448 g/mol. The van der Waals surface area contributed by atoms with E-state index in [0.717, 1.165) is 0 Å². The summed E-state index contributed by atoms with van der Waals surface area (Å²) in [5.74, 6) is 0. The first kappa shape index (κ1) is 22.2. The molecular weight excluding hydrogens is 428 g/mol. The number of non-ortho nitro benzene ring substituents is 2. The van der Waals surface area contributed by atoms with E-state index >= 15 is 0 Å². The summed E-state index contributed by atoms with van der Waals surface area (Å²) in [6.07, 6.45) is -6.40. The summed E-state index contributed by atoms with van der Waals surface area (Å²) in [5.41, 5.74) is 0.396. The largest absolute Gasteiger partial charge is 0.394 e. The van der Waals surface area contributed by atoms with Crippen LogP contribution in [0.2, 0.25) is 0 Å². The van der Waals surface area contributed by atoms with Gasteiger partial charge in [-0.2, -0.15) is 0 Å². The van der Waals surface area contributed by atoms with Crippen molar-refractivity contribution in [2.24, 2.45) is 0 Å². The molecule has 2 aromatic rings. The highest BCUT2D eigenvalue weighted by Crippen LogP contribution is 2.37. The molecule has 32 heavy (non-hydrogen) atoms. The number of fused-ring (bicyclic) bond motifs is 1. The van der Waals surface area contributed by atoms with E-state index in [1.165, 1.54) is 36.4 Å². The zero-order chi connectivity index (χ0) is 22.8. The topological polar surface area (TPSA) is 164 Å². The highest BCUT2D eigenvalue weighted by molar-refractivity contribution is 5.36. The van der Waals surface area contributed by atoms with Crippen molar-refractivity contribution in [3.63, 3.8) is 0 Å². The van der Waals surface area contributed by atoms with Gasteiger partial charge in [0.05, 0.1) is 23.1 Å². The molecule has 2 aromatic carbocycles. The Balaban J connectivity index is 1.58. The van der Waals surface area contributed by atoms with Crippen LogP contribution in [0.4, 0.5) is 11.4 Å². The molecule has 2 aliphatic rings. The van der Waals surface area contributed by atoms with E-state index < -0.39 is 53.4 Å². The van der Waals surface area contributed by atoms with E-state index in [9.17, 15) is 30.4 Å². The minimum absolute atomic E-state index is 0.0536. The molecule has 4 rings (SSSR count). The summed E-state index contributed by atoms with van der Waals surface area (Å²) in [5, 5.41) is 42.7. The van der Waals surface area contributed by atoms with E-state index in [-0.39, 0.29) is 18.0 Å². The van der Waals surface area contributed by atoms with Crippen LogP contribution in [0.5, 0.6) is 0 Å². The predicted molar refractivity (Wildman–Crippen MR) is 105 cm³/mol. The van der Waals surface area contributed by atoms with E-state index in [2.05, 4.69) is 0 Å². The first-order valence-corrected chi connectivity index (χ1v) is 9.73. The van der Waals surface area contributed by atoms with E-state index in [0.29, 0.717) is 11.1 Å². The standard InChI is InChI=1S/C20H20N2O10/c23-9-15-17(24)18-16(31-20(30-15)12-4-2-6-14(8-12)22(27)28)10-29-19(32-18)11-3-1-5-13(7-11)21(25)26/h1-8,15-20,23-24H,9-10H2/t15-,16+,17+,18+,19?,20?/m1/s1.